The Morgan fingerprint density at radius 2 is 1.04 bits per heavy atom. The van der Waals surface area contributed by atoms with Gasteiger partial charge in [0.05, 0.1) is 0 Å². The molecule has 128 valence electrons. The molecular weight excluding hydrogens is 312 g/mol. The van der Waals surface area contributed by atoms with Gasteiger partial charge in [-0.15, -0.1) is 0 Å². The van der Waals surface area contributed by atoms with E-state index in [9.17, 15) is 0 Å². The van der Waals surface area contributed by atoms with E-state index in [2.05, 4.69) is 97.1 Å². The van der Waals surface area contributed by atoms with Gasteiger partial charge in [-0.1, -0.05) is 97.1 Å². The number of aryl methyl sites for hydroxylation is 2. The van der Waals surface area contributed by atoms with Crippen LogP contribution in [0.3, 0.4) is 0 Å². The van der Waals surface area contributed by atoms with Gasteiger partial charge in [-0.05, 0) is 58.7 Å². The van der Waals surface area contributed by atoms with E-state index < -0.39 is 0 Å². The monoisotopic (exact) mass is 336 g/mol. The Morgan fingerprint density at radius 3 is 1.77 bits per heavy atom. The summed E-state index contributed by atoms with van der Waals surface area (Å²) < 4.78 is 0. The third kappa shape index (κ3) is 3.70. The highest BCUT2D eigenvalue weighted by Crippen LogP contribution is 2.28. The van der Waals surface area contributed by atoms with E-state index in [1.807, 2.05) is 0 Å². The zero-order valence-corrected chi connectivity index (χ0v) is 15.1. The van der Waals surface area contributed by atoms with Crippen molar-refractivity contribution < 1.29 is 0 Å². The van der Waals surface area contributed by atoms with Gasteiger partial charge in [-0.3, -0.25) is 0 Å². The fraction of sp³-hybridized carbons (Fsp3) is 0.154. The van der Waals surface area contributed by atoms with Gasteiger partial charge < -0.3 is 0 Å². The fourth-order valence-electron chi connectivity index (χ4n) is 3.77. The van der Waals surface area contributed by atoms with E-state index in [1.165, 1.54) is 47.6 Å². The quantitative estimate of drug-likeness (QED) is 0.348. The summed E-state index contributed by atoms with van der Waals surface area (Å²) in [6, 6.07) is 34.3. The highest BCUT2D eigenvalue weighted by molar-refractivity contribution is 5.96. The van der Waals surface area contributed by atoms with Crippen molar-refractivity contribution in [3.63, 3.8) is 0 Å². The molecule has 0 aromatic heterocycles. The lowest BCUT2D eigenvalue weighted by Crippen LogP contribution is -2.00. The molecule has 0 saturated carbocycles. The highest BCUT2D eigenvalue weighted by Gasteiger charge is 2.06. The molecule has 0 saturated heterocycles. The molecule has 26 heavy (non-hydrogen) atoms. The van der Waals surface area contributed by atoms with Crippen LogP contribution in [0.2, 0.25) is 0 Å². The SMILES string of the molecule is c1ccc(-c2cccc3ccccc23)cc1.c1ccc2c(c1)CCCC2. The number of rotatable bonds is 1. The molecule has 0 unspecified atom stereocenters. The predicted molar refractivity (Wildman–Crippen MR) is 112 cm³/mol. The number of hydrogen-bond acceptors (Lipinski definition) is 0. The maximum atomic E-state index is 2.26. The molecule has 0 fully saturated rings. The first-order valence-corrected chi connectivity index (χ1v) is 9.52. The lowest BCUT2D eigenvalue weighted by molar-refractivity contribution is 0.685. The summed E-state index contributed by atoms with van der Waals surface area (Å²) in [6.07, 6.45) is 5.38. The maximum absolute atomic E-state index is 2.26. The Hall–Kier alpha value is -2.86. The first kappa shape index (κ1) is 16.6. The lowest BCUT2D eigenvalue weighted by Gasteiger charge is -2.13. The van der Waals surface area contributed by atoms with Gasteiger partial charge in [0.15, 0.2) is 0 Å². The molecule has 0 radical (unpaired) electrons. The summed E-state index contributed by atoms with van der Waals surface area (Å²) in [5.41, 5.74) is 5.74. The van der Waals surface area contributed by atoms with Gasteiger partial charge in [0.1, 0.15) is 0 Å². The summed E-state index contributed by atoms with van der Waals surface area (Å²) in [5.74, 6) is 0. The van der Waals surface area contributed by atoms with Crippen LogP contribution in [-0.4, -0.2) is 0 Å². The standard InChI is InChI=1S/C16H12.C10H12/c1-2-7-13(8-3-1)16-12-6-10-14-9-4-5-11-15(14)16;1-2-6-10-8-4-3-7-9(10)5-1/h1-12H;1-2,5-6H,3-4,7-8H2. The molecule has 0 N–H and O–H groups in total. The Balaban J connectivity index is 0.000000144. The number of benzene rings is 4. The predicted octanol–water partition coefficient (Wildman–Crippen LogP) is 7.07. The zero-order chi connectivity index (χ0) is 17.6. The number of hydrogen-bond donors (Lipinski definition) is 0. The average Bonchev–Trinajstić information content (AvgIpc) is 2.74. The van der Waals surface area contributed by atoms with Crippen molar-refractivity contribution in [3.8, 4) is 11.1 Å². The molecule has 0 heteroatoms. The molecule has 4 aromatic rings. The minimum absolute atomic E-state index is 1.28. The van der Waals surface area contributed by atoms with E-state index >= 15 is 0 Å². The summed E-state index contributed by atoms with van der Waals surface area (Å²) in [7, 11) is 0. The van der Waals surface area contributed by atoms with E-state index in [0.717, 1.165) is 0 Å². The summed E-state index contributed by atoms with van der Waals surface area (Å²) >= 11 is 0. The van der Waals surface area contributed by atoms with Crippen LogP contribution >= 0.6 is 0 Å². The van der Waals surface area contributed by atoms with Crippen LogP contribution < -0.4 is 0 Å². The number of fused-ring (bicyclic) bond motifs is 2. The van der Waals surface area contributed by atoms with E-state index in [1.54, 1.807) is 11.1 Å². The third-order valence-electron chi connectivity index (χ3n) is 5.14. The molecule has 5 rings (SSSR count). The molecule has 0 aliphatic heterocycles. The zero-order valence-electron chi connectivity index (χ0n) is 15.1. The Kier molecular flexibility index (Phi) is 5.12. The smallest absolute Gasteiger partial charge is 0.0105 e. The van der Waals surface area contributed by atoms with E-state index in [4.69, 9.17) is 0 Å². The maximum Gasteiger partial charge on any atom is -0.0105 e. The van der Waals surface area contributed by atoms with Crippen LogP contribution in [0.25, 0.3) is 21.9 Å². The van der Waals surface area contributed by atoms with Crippen LogP contribution in [-0.2, 0) is 12.8 Å². The van der Waals surface area contributed by atoms with Crippen molar-refractivity contribution in [1.29, 1.82) is 0 Å². The molecule has 4 aromatic carbocycles. The lowest BCUT2D eigenvalue weighted by atomic mass is 9.92. The fourth-order valence-corrected chi connectivity index (χ4v) is 3.77. The van der Waals surface area contributed by atoms with Crippen molar-refractivity contribution in [2.75, 3.05) is 0 Å². The molecule has 1 aliphatic rings. The topological polar surface area (TPSA) is 0 Å². The minimum atomic E-state index is 1.28. The van der Waals surface area contributed by atoms with Crippen molar-refractivity contribution in [2.45, 2.75) is 25.7 Å². The van der Waals surface area contributed by atoms with Gasteiger partial charge in [0.2, 0.25) is 0 Å². The van der Waals surface area contributed by atoms with Crippen LogP contribution in [0, 0.1) is 0 Å². The average molecular weight is 336 g/mol. The molecular formula is C26H24. The van der Waals surface area contributed by atoms with Gasteiger partial charge in [-0.25, -0.2) is 0 Å². The molecule has 0 bridgehead atoms. The third-order valence-corrected chi connectivity index (χ3v) is 5.14. The van der Waals surface area contributed by atoms with Crippen LogP contribution in [0.4, 0.5) is 0 Å². The van der Waals surface area contributed by atoms with Crippen molar-refractivity contribution in [2.24, 2.45) is 0 Å². The summed E-state index contributed by atoms with van der Waals surface area (Å²) in [4.78, 5) is 0. The van der Waals surface area contributed by atoms with Gasteiger partial charge in [0.25, 0.3) is 0 Å². The Bertz CT molecular complexity index is 952. The Morgan fingerprint density at radius 1 is 0.462 bits per heavy atom. The van der Waals surface area contributed by atoms with E-state index in [0.29, 0.717) is 0 Å². The van der Waals surface area contributed by atoms with Gasteiger partial charge >= 0.3 is 0 Å². The van der Waals surface area contributed by atoms with Crippen molar-refractivity contribution >= 4 is 10.8 Å². The van der Waals surface area contributed by atoms with Crippen LogP contribution in [0.15, 0.2) is 97.1 Å². The largest absolute Gasteiger partial charge is 0.0622 e. The second kappa shape index (κ2) is 8.01. The molecule has 0 amide bonds. The highest BCUT2D eigenvalue weighted by atomic mass is 14.1. The molecule has 0 heterocycles. The second-order valence-corrected chi connectivity index (χ2v) is 6.87. The minimum Gasteiger partial charge on any atom is -0.0622 e. The molecule has 1 aliphatic carbocycles. The van der Waals surface area contributed by atoms with Gasteiger partial charge in [0, 0.05) is 0 Å². The van der Waals surface area contributed by atoms with Gasteiger partial charge in [-0.2, -0.15) is 0 Å². The van der Waals surface area contributed by atoms with Crippen molar-refractivity contribution in [3.05, 3.63) is 108 Å². The second-order valence-electron chi connectivity index (χ2n) is 6.87. The normalized spacial score (nSPS) is 12.8. The summed E-state index contributed by atoms with van der Waals surface area (Å²) in [5, 5.41) is 2.61. The first-order chi connectivity index (χ1) is 12.9. The molecule has 0 atom stereocenters. The van der Waals surface area contributed by atoms with Crippen LogP contribution in [0.1, 0.15) is 24.0 Å². The van der Waals surface area contributed by atoms with E-state index in [-0.39, 0.29) is 0 Å². The van der Waals surface area contributed by atoms with Crippen molar-refractivity contribution in [1.82, 2.24) is 0 Å². The molecule has 0 spiro atoms. The Labute approximate surface area is 156 Å². The van der Waals surface area contributed by atoms with Crippen LogP contribution in [0.5, 0.6) is 0 Å². The molecule has 0 nitrogen and oxygen atoms in total. The summed E-state index contributed by atoms with van der Waals surface area (Å²) in [6.45, 7) is 0. The first-order valence-electron chi connectivity index (χ1n) is 9.52.